The quantitative estimate of drug-likeness (QED) is 0.399. The van der Waals surface area contributed by atoms with E-state index < -0.39 is 0 Å². The van der Waals surface area contributed by atoms with Gasteiger partial charge in [-0.15, -0.1) is 0 Å². The molecule has 1 aliphatic heterocycles. The molecule has 0 aliphatic carbocycles. The molecule has 0 amide bonds. The van der Waals surface area contributed by atoms with Gasteiger partial charge in [0.1, 0.15) is 13.1 Å². The molecule has 7 heteroatoms. The van der Waals surface area contributed by atoms with Crippen molar-refractivity contribution >= 4 is 41.2 Å². The average Bonchev–Trinajstić information content (AvgIpc) is 2.57. The van der Waals surface area contributed by atoms with Gasteiger partial charge >= 0.3 is 0 Å². The van der Waals surface area contributed by atoms with Crippen molar-refractivity contribution in [3.63, 3.8) is 0 Å². The van der Waals surface area contributed by atoms with Gasteiger partial charge in [-0.05, 0) is 23.9 Å². The van der Waals surface area contributed by atoms with Gasteiger partial charge in [-0.2, -0.15) is 5.10 Å². The van der Waals surface area contributed by atoms with Gasteiger partial charge in [0.05, 0.1) is 37.6 Å². The van der Waals surface area contributed by atoms with Crippen LogP contribution < -0.4 is 15.6 Å². The van der Waals surface area contributed by atoms with Crippen LogP contribution in [0.5, 0.6) is 0 Å². The number of allylic oxidation sites excluding steroid dienone is 1. The van der Waals surface area contributed by atoms with Crippen LogP contribution in [-0.2, 0) is 4.74 Å². The molecular formula is C16H22ClN4OS+. The van der Waals surface area contributed by atoms with Gasteiger partial charge < -0.3 is 15.0 Å². The normalized spacial score (nSPS) is 16.5. The van der Waals surface area contributed by atoms with Gasteiger partial charge in [0.25, 0.3) is 0 Å². The fourth-order valence-corrected chi connectivity index (χ4v) is 2.53. The number of benzene rings is 1. The molecule has 0 spiro atoms. The molecule has 2 rings (SSSR count). The molecule has 0 bridgehead atoms. The molecule has 1 fully saturated rings. The molecule has 0 saturated carbocycles. The zero-order chi connectivity index (χ0) is 16.3. The van der Waals surface area contributed by atoms with Crippen molar-refractivity contribution in [2.75, 3.05) is 39.4 Å². The maximum absolute atomic E-state index is 6.10. The molecule has 23 heavy (non-hydrogen) atoms. The van der Waals surface area contributed by atoms with Crippen LogP contribution in [0.2, 0.25) is 0 Å². The molecular weight excluding hydrogens is 332 g/mol. The number of nitrogens with one attached hydrogen (secondary N) is 3. The Labute approximate surface area is 147 Å². The largest absolute Gasteiger partial charge is 0.370 e. The maximum atomic E-state index is 6.10. The Bertz CT molecular complexity index is 544. The Morgan fingerprint density at radius 3 is 2.78 bits per heavy atom. The van der Waals surface area contributed by atoms with Crippen molar-refractivity contribution in [3.8, 4) is 0 Å². The predicted molar refractivity (Wildman–Crippen MR) is 98.9 cm³/mol. The van der Waals surface area contributed by atoms with E-state index in [1.54, 1.807) is 0 Å². The Kier molecular flexibility index (Phi) is 8.03. The number of hydrogen-bond donors (Lipinski definition) is 3. The summed E-state index contributed by atoms with van der Waals surface area (Å²) in [6.07, 6.45) is 3.38. The lowest BCUT2D eigenvalue weighted by molar-refractivity contribution is -0.906. The first-order valence-electron chi connectivity index (χ1n) is 7.64. The van der Waals surface area contributed by atoms with Crippen molar-refractivity contribution in [3.05, 3.63) is 40.9 Å². The Balaban J connectivity index is 1.64. The number of hydrazone groups is 1. The highest BCUT2D eigenvalue weighted by Gasteiger charge is 2.12. The zero-order valence-corrected chi connectivity index (χ0v) is 14.5. The Morgan fingerprint density at radius 1 is 1.30 bits per heavy atom. The van der Waals surface area contributed by atoms with Gasteiger partial charge in [-0.25, -0.2) is 0 Å². The minimum Gasteiger partial charge on any atom is -0.370 e. The number of quaternary nitrogens is 1. The fourth-order valence-electron chi connectivity index (χ4n) is 2.20. The van der Waals surface area contributed by atoms with Crippen LogP contribution in [0.15, 0.2) is 40.5 Å². The Hall–Kier alpha value is -1.47. The standard InChI is InChI=1S/C16H21ClN4OS/c17-15(12-14-4-2-1-3-5-14)13-19-20-16(23)18-6-7-21-8-10-22-11-9-21/h1-5,12-13H,6-11H2,(H2,18,20,23)/p+1/b15-12-,19-13-. The third kappa shape index (κ3) is 7.56. The molecule has 0 radical (unpaired) electrons. The van der Waals surface area contributed by atoms with Crippen molar-refractivity contribution in [2.45, 2.75) is 0 Å². The van der Waals surface area contributed by atoms with E-state index in [4.69, 9.17) is 28.6 Å². The van der Waals surface area contributed by atoms with Crippen molar-refractivity contribution in [1.29, 1.82) is 0 Å². The first kappa shape index (κ1) is 17.9. The molecule has 1 heterocycles. The summed E-state index contributed by atoms with van der Waals surface area (Å²) in [5.74, 6) is 0. The smallest absolute Gasteiger partial charge is 0.187 e. The number of nitrogens with zero attached hydrogens (tertiary/aromatic N) is 1. The summed E-state index contributed by atoms with van der Waals surface area (Å²) in [6, 6.07) is 9.83. The van der Waals surface area contributed by atoms with E-state index in [0.29, 0.717) is 10.1 Å². The summed E-state index contributed by atoms with van der Waals surface area (Å²) in [5, 5.41) is 8.19. The maximum Gasteiger partial charge on any atom is 0.187 e. The second-order valence-corrected chi connectivity index (χ2v) is 6.02. The van der Waals surface area contributed by atoms with Crippen molar-refractivity contribution < 1.29 is 9.64 Å². The van der Waals surface area contributed by atoms with Gasteiger partial charge in [0, 0.05) is 0 Å². The minimum atomic E-state index is 0.498. The summed E-state index contributed by atoms with van der Waals surface area (Å²) >= 11 is 11.3. The van der Waals surface area contributed by atoms with Crippen LogP contribution in [0, 0.1) is 0 Å². The summed E-state index contributed by atoms with van der Waals surface area (Å²) in [5.41, 5.74) is 3.79. The molecule has 3 N–H and O–H groups in total. The van der Waals surface area contributed by atoms with Gasteiger partial charge in [0.2, 0.25) is 0 Å². The summed E-state index contributed by atoms with van der Waals surface area (Å²) < 4.78 is 5.33. The topological polar surface area (TPSA) is 50.1 Å². The molecule has 0 atom stereocenters. The van der Waals surface area contributed by atoms with Crippen LogP contribution in [0.4, 0.5) is 0 Å². The molecule has 0 unspecified atom stereocenters. The lowest BCUT2D eigenvalue weighted by atomic mass is 10.2. The van der Waals surface area contributed by atoms with E-state index in [-0.39, 0.29) is 0 Å². The van der Waals surface area contributed by atoms with Gasteiger partial charge in [-0.3, -0.25) is 5.43 Å². The minimum absolute atomic E-state index is 0.498. The van der Waals surface area contributed by atoms with Crippen LogP contribution in [0.1, 0.15) is 5.56 Å². The van der Waals surface area contributed by atoms with Crippen LogP contribution in [0.3, 0.4) is 0 Å². The fraction of sp³-hybridized carbons (Fsp3) is 0.375. The van der Waals surface area contributed by atoms with E-state index in [0.717, 1.165) is 45.0 Å². The monoisotopic (exact) mass is 353 g/mol. The lowest BCUT2D eigenvalue weighted by Crippen LogP contribution is -3.14. The summed E-state index contributed by atoms with van der Waals surface area (Å²) in [4.78, 5) is 1.53. The highest BCUT2D eigenvalue weighted by molar-refractivity contribution is 7.80. The highest BCUT2D eigenvalue weighted by Crippen LogP contribution is 2.07. The van der Waals surface area contributed by atoms with E-state index in [1.807, 2.05) is 36.4 Å². The van der Waals surface area contributed by atoms with Crippen molar-refractivity contribution in [1.82, 2.24) is 10.7 Å². The highest BCUT2D eigenvalue weighted by atomic mass is 35.5. The second kappa shape index (κ2) is 10.3. The number of rotatable bonds is 6. The van der Waals surface area contributed by atoms with Crippen LogP contribution in [-0.4, -0.2) is 50.7 Å². The van der Waals surface area contributed by atoms with E-state index >= 15 is 0 Å². The first-order chi connectivity index (χ1) is 11.2. The average molecular weight is 354 g/mol. The second-order valence-electron chi connectivity index (χ2n) is 5.18. The Morgan fingerprint density at radius 2 is 2.04 bits per heavy atom. The van der Waals surface area contributed by atoms with Crippen LogP contribution >= 0.6 is 23.8 Å². The molecule has 124 valence electrons. The van der Waals surface area contributed by atoms with Gasteiger partial charge in [0.15, 0.2) is 5.11 Å². The number of hydrogen-bond acceptors (Lipinski definition) is 3. The SMILES string of the molecule is S=C(NCC[NH+]1CCOCC1)N/N=C\C(Cl)=C\c1ccccc1. The number of halogens is 1. The molecule has 1 aromatic carbocycles. The predicted octanol–water partition coefficient (Wildman–Crippen LogP) is 0.631. The van der Waals surface area contributed by atoms with Crippen LogP contribution in [0.25, 0.3) is 6.08 Å². The molecule has 1 aromatic rings. The molecule has 0 aromatic heterocycles. The zero-order valence-electron chi connectivity index (χ0n) is 12.9. The molecule has 1 saturated heterocycles. The molecule has 1 aliphatic rings. The summed E-state index contributed by atoms with van der Waals surface area (Å²) in [7, 11) is 0. The number of ether oxygens (including phenoxy) is 1. The number of thiocarbonyl (C=S) groups is 1. The molecule has 5 nitrogen and oxygen atoms in total. The van der Waals surface area contributed by atoms with E-state index in [1.165, 1.54) is 11.1 Å². The first-order valence-corrected chi connectivity index (χ1v) is 8.43. The lowest BCUT2D eigenvalue weighted by Gasteiger charge is -2.23. The third-order valence-corrected chi connectivity index (χ3v) is 3.86. The number of morpholine rings is 1. The van der Waals surface area contributed by atoms with Gasteiger partial charge in [-0.1, -0.05) is 41.9 Å². The summed E-state index contributed by atoms with van der Waals surface area (Å²) in [6.45, 7) is 5.62. The third-order valence-electron chi connectivity index (χ3n) is 3.42. The van der Waals surface area contributed by atoms with Crippen molar-refractivity contribution in [2.24, 2.45) is 5.10 Å². The van der Waals surface area contributed by atoms with E-state index in [9.17, 15) is 0 Å². The van der Waals surface area contributed by atoms with E-state index in [2.05, 4.69) is 15.8 Å².